The van der Waals surface area contributed by atoms with Crippen LogP contribution in [-0.2, 0) is 0 Å². The predicted molar refractivity (Wildman–Crippen MR) is 106 cm³/mol. The van der Waals surface area contributed by atoms with Crippen LogP contribution in [-0.4, -0.2) is 0 Å². The molecule has 0 N–H and O–H groups in total. The molecule has 0 nitrogen and oxygen atoms in total. The van der Waals surface area contributed by atoms with Gasteiger partial charge in [0.25, 0.3) is 0 Å². The zero-order chi connectivity index (χ0) is 17.8. The van der Waals surface area contributed by atoms with Crippen LogP contribution < -0.4 is 0 Å². The van der Waals surface area contributed by atoms with E-state index in [4.69, 9.17) is 0 Å². The van der Waals surface area contributed by atoms with Crippen LogP contribution >= 0.6 is 0 Å². The fourth-order valence-electron chi connectivity index (χ4n) is 6.73. The van der Waals surface area contributed by atoms with E-state index in [2.05, 4.69) is 62.3 Å². The third-order valence-electron chi connectivity index (χ3n) is 8.25. The molecule has 0 radical (unpaired) electrons. The van der Waals surface area contributed by atoms with Gasteiger partial charge in [-0.1, -0.05) is 75.2 Å². The van der Waals surface area contributed by atoms with Crippen LogP contribution in [0, 0.1) is 40.4 Å². The summed E-state index contributed by atoms with van der Waals surface area (Å²) in [5, 5.41) is 0. The lowest BCUT2D eigenvalue weighted by atomic mass is 9.51. The summed E-state index contributed by atoms with van der Waals surface area (Å²) in [6, 6.07) is 0. The normalized spacial score (nSPS) is 40.7. The third-order valence-corrected chi connectivity index (χ3v) is 8.25. The van der Waals surface area contributed by atoms with E-state index in [1.54, 1.807) is 0 Å². The molecule has 0 amide bonds. The van der Waals surface area contributed by atoms with Crippen LogP contribution in [0.3, 0.4) is 0 Å². The van der Waals surface area contributed by atoms with Crippen molar-refractivity contribution in [3.05, 3.63) is 0 Å². The number of rotatable bonds is 6. The van der Waals surface area contributed by atoms with E-state index in [1.807, 2.05) is 0 Å². The first-order chi connectivity index (χ1) is 10.7. The highest BCUT2D eigenvalue weighted by molar-refractivity contribution is 4.98. The molecule has 0 spiro atoms. The fourth-order valence-corrected chi connectivity index (χ4v) is 6.73. The van der Waals surface area contributed by atoms with Crippen molar-refractivity contribution in [3.63, 3.8) is 0 Å². The zero-order valence-electron chi connectivity index (χ0n) is 17.8. The van der Waals surface area contributed by atoms with Gasteiger partial charge in [-0.25, -0.2) is 0 Å². The van der Waals surface area contributed by atoms with Gasteiger partial charge in [-0.15, -0.1) is 0 Å². The van der Waals surface area contributed by atoms with Crippen LogP contribution in [0.4, 0.5) is 0 Å². The zero-order valence-corrected chi connectivity index (χ0v) is 17.8. The molecule has 1 aliphatic carbocycles. The van der Waals surface area contributed by atoms with Crippen LogP contribution in [0.15, 0.2) is 0 Å². The molecule has 0 aromatic heterocycles. The average Bonchev–Trinajstić information content (AvgIpc) is 2.50. The Morgan fingerprint density at radius 1 is 1.00 bits per heavy atom. The van der Waals surface area contributed by atoms with Crippen molar-refractivity contribution in [1.82, 2.24) is 0 Å². The molecule has 1 rings (SSSR count). The molecule has 0 aliphatic heterocycles. The van der Waals surface area contributed by atoms with Gasteiger partial charge in [0.05, 0.1) is 0 Å². The molecule has 1 fully saturated rings. The maximum Gasteiger partial charge on any atom is -0.0223 e. The Morgan fingerprint density at radius 3 is 2.04 bits per heavy atom. The summed E-state index contributed by atoms with van der Waals surface area (Å²) >= 11 is 0. The molecule has 0 bridgehead atoms. The van der Waals surface area contributed by atoms with Crippen LogP contribution in [0.2, 0.25) is 0 Å². The van der Waals surface area contributed by atoms with Crippen molar-refractivity contribution in [1.29, 1.82) is 0 Å². The second kappa shape index (κ2) is 8.39. The van der Waals surface area contributed by atoms with E-state index in [9.17, 15) is 0 Å². The second-order valence-corrected chi connectivity index (χ2v) is 9.61. The molecule has 0 aromatic carbocycles. The predicted octanol–water partition coefficient (Wildman–Crippen LogP) is 7.96. The lowest BCUT2D eigenvalue weighted by molar-refractivity contribution is -0.0510. The summed E-state index contributed by atoms with van der Waals surface area (Å²) in [7, 11) is 0. The smallest absolute Gasteiger partial charge is 0.0223 e. The summed E-state index contributed by atoms with van der Waals surface area (Å²) in [4.78, 5) is 0. The first kappa shape index (κ1) is 21.0. The van der Waals surface area contributed by atoms with Crippen molar-refractivity contribution >= 4 is 0 Å². The van der Waals surface area contributed by atoms with E-state index < -0.39 is 0 Å². The van der Waals surface area contributed by atoms with Gasteiger partial charge in [-0.2, -0.15) is 0 Å². The third kappa shape index (κ3) is 3.98. The van der Waals surface area contributed by atoms with E-state index in [-0.39, 0.29) is 0 Å². The lowest BCUT2D eigenvalue weighted by Gasteiger charge is -2.54. The van der Waals surface area contributed by atoms with Crippen molar-refractivity contribution in [2.45, 2.75) is 107 Å². The van der Waals surface area contributed by atoms with Gasteiger partial charge in [-0.05, 0) is 72.5 Å². The lowest BCUT2D eigenvalue weighted by Crippen LogP contribution is -2.46. The van der Waals surface area contributed by atoms with Gasteiger partial charge >= 0.3 is 0 Å². The Morgan fingerprint density at radius 2 is 1.61 bits per heavy atom. The average molecular weight is 323 g/mol. The minimum Gasteiger partial charge on any atom is -0.0654 e. The first-order valence-electron chi connectivity index (χ1n) is 10.7. The summed E-state index contributed by atoms with van der Waals surface area (Å²) < 4.78 is 0. The Bertz CT molecular complexity index is 344. The molecule has 0 heteroatoms. The van der Waals surface area contributed by atoms with Gasteiger partial charge < -0.3 is 0 Å². The Balaban J connectivity index is 3.24. The molecule has 23 heavy (non-hydrogen) atoms. The highest BCUT2D eigenvalue weighted by Gasteiger charge is 2.48. The Labute approximate surface area is 148 Å². The van der Waals surface area contributed by atoms with Gasteiger partial charge in [-0.3, -0.25) is 0 Å². The largest absolute Gasteiger partial charge is 0.0654 e. The SMILES string of the molecule is CCCC1(C)CCC(C)C(CC)(C(C)CC)C(C)CC1C(C)C. The fraction of sp³-hybridized carbons (Fsp3) is 1.00. The molecule has 138 valence electrons. The Kier molecular flexibility index (Phi) is 7.68. The van der Waals surface area contributed by atoms with Crippen molar-refractivity contribution in [2.24, 2.45) is 40.4 Å². The second-order valence-electron chi connectivity index (χ2n) is 9.61. The summed E-state index contributed by atoms with van der Waals surface area (Å²) in [5.74, 6) is 4.26. The monoisotopic (exact) mass is 322 g/mol. The summed E-state index contributed by atoms with van der Waals surface area (Å²) in [5.41, 5.74) is 1.11. The summed E-state index contributed by atoms with van der Waals surface area (Å²) in [6.07, 6.45) is 9.76. The van der Waals surface area contributed by atoms with E-state index in [1.165, 1.54) is 44.9 Å². The van der Waals surface area contributed by atoms with Crippen molar-refractivity contribution < 1.29 is 0 Å². The Hall–Kier alpha value is 0. The van der Waals surface area contributed by atoms with Gasteiger partial charge in [0.2, 0.25) is 0 Å². The van der Waals surface area contributed by atoms with Gasteiger partial charge in [0.1, 0.15) is 0 Å². The molecule has 6 unspecified atom stereocenters. The maximum atomic E-state index is 2.61. The number of hydrogen-bond acceptors (Lipinski definition) is 0. The van der Waals surface area contributed by atoms with E-state index in [0.717, 1.165) is 29.6 Å². The topological polar surface area (TPSA) is 0 Å². The molecule has 0 heterocycles. The first-order valence-corrected chi connectivity index (χ1v) is 10.7. The molecule has 0 aromatic rings. The van der Waals surface area contributed by atoms with Crippen LogP contribution in [0.25, 0.3) is 0 Å². The van der Waals surface area contributed by atoms with Crippen molar-refractivity contribution in [2.75, 3.05) is 0 Å². The molecular weight excluding hydrogens is 276 g/mol. The quantitative estimate of drug-likeness (QED) is 0.465. The molecule has 0 saturated heterocycles. The van der Waals surface area contributed by atoms with Gasteiger partial charge in [0, 0.05) is 0 Å². The van der Waals surface area contributed by atoms with Crippen LogP contribution in [0.1, 0.15) is 107 Å². The van der Waals surface area contributed by atoms with E-state index in [0.29, 0.717) is 10.8 Å². The minimum absolute atomic E-state index is 0.551. The highest BCUT2D eigenvalue weighted by Crippen LogP contribution is 2.57. The molecule has 1 aliphatic rings. The molecule has 1 saturated carbocycles. The van der Waals surface area contributed by atoms with Crippen LogP contribution in [0.5, 0.6) is 0 Å². The highest BCUT2D eigenvalue weighted by atomic mass is 14.5. The number of hydrogen-bond donors (Lipinski definition) is 0. The standard InChI is InChI=1S/C23H46/c1-10-14-22(9)15-13-19(7)23(12-3,18(6)11-2)20(8)16-21(22)17(4)5/h17-21H,10-16H2,1-9H3. The van der Waals surface area contributed by atoms with E-state index >= 15 is 0 Å². The van der Waals surface area contributed by atoms with Gasteiger partial charge in [0.15, 0.2) is 0 Å². The van der Waals surface area contributed by atoms with Crippen molar-refractivity contribution in [3.8, 4) is 0 Å². The summed E-state index contributed by atoms with van der Waals surface area (Å²) in [6.45, 7) is 22.5. The maximum absolute atomic E-state index is 2.61. The minimum atomic E-state index is 0.551. The molecule has 6 atom stereocenters. The molecular formula is C23H46.